The number of carbonyl (C=O) groups is 4. The summed E-state index contributed by atoms with van der Waals surface area (Å²) < 4.78 is 56.4. The van der Waals surface area contributed by atoms with Gasteiger partial charge in [0, 0.05) is 24.3 Å². The topological polar surface area (TPSA) is 177 Å². The third-order valence-electron chi connectivity index (χ3n) is 12.8. The van der Waals surface area contributed by atoms with E-state index in [-0.39, 0.29) is 74.3 Å². The molecule has 2 aromatic rings. The number of methoxy groups -OCH3 is 2. The molecule has 1 aromatic carbocycles. The van der Waals surface area contributed by atoms with Crippen LogP contribution in [0.1, 0.15) is 85.5 Å². The van der Waals surface area contributed by atoms with E-state index in [0.717, 1.165) is 11.8 Å². The molecule has 2 aliphatic carbocycles. The first kappa shape index (κ1) is 40.9. The second kappa shape index (κ2) is 15.5. The fraction of sp³-hybridized carbons (Fsp3) is 0.643. The Balaban J connectivity index is 1.23. The predicted molar refractivity (Wildman–Crippen MR) is 209 cm³/mol. The summed E-state index contributed by atoms with van der Waals surface area (Å²) in [4.78, 5) is 63.3. The number of aromatic nitrogens is 1. The summed E-state index contributed by atoms with van der Waals surface area (Å²) >= 11 is 0. The van der Waals surface area contributed by atoms with Crippen LogP contribution < -0.4 is 18.9 Å². The molecule has 15 heteroatoms. The summed E-state index contributed by atoms with van der Waals surface area (Å²) in [5, 5.41) is 1.42. The van der Waals surface area contributed by atoms with Crippen molar-refractivity contribution >= 4 is 44.4 Å². The number of rotatable bonds is 10. The van der Waals surface area contributed by atoms with E-state index in [9.17, 15) is 27.6 Å². The van der Waals surface area contributed by atoms with Crippen molar-refractivity contribution in [3.05, 3.63) is 36.4 Å². The number of nitrogens with one attached hydrogen (secondary N) is 1. The van der Waals surface area contributed by atoms with Gasteiger partial charge in [0.2, 0.25) is 33.6 Å². The number of ether oxygens (including phenoxy) is 5. The van der Waals surface area contributed by atoms with Gasteiger partial charge in [-0.15, -0.1) is 0 Å². The highest BCUT2D eigenvalue weighted by atomic mass is 32.2. The lowest BCUT2D eigenvalue weighted by atomic mass is 9.82. The van der Waals surface area contributed by atoms with Crippen LogP contribution in [0.25, 0.3) is 10.8 Å². The number of esters is 1. The Morgan fingerprint density at radius 1 is 1.05 bits per heavy atom. The third-order valence-corrected chi connectivity index (χ3v) is 15.0. The Labute approximate surface area is 334 Å². The van der Waals surface area contributed by atoms with Crippen molar-refractivity contribution < 1.29 is 51.3 Å². The first-order valence-electron chi connectivity index (χ1n) is 20.0. The maximum atomic E-state index is 15.0. The van der Waals surface area contributed by atoms with Gasteiger partial charge in [-0.1, -0.05) is 26.0 Å². The lowest BCUT2D eigenvalue weighted by Crippen LogP contribution is -2.51. The van der Waals surface area contributed by atoms with Crippen molar-refractivity contribution in [2.24, 2.45) is 29.1 Å². The standard InChI is InChI=1S/C42H55N3O11S/c1-25-9-7-8-10-28-20-42(28,39(49)44-57(50,51)41(4)13-14-41)21-34(46)33-18-30(55-37-31-12-11-29(52-5)16-27(31)17-35(43-37)53-6)22-45(33)38(48)32(26(2)15-25)19-36(47)56-40(3)23-54-24-40/h8,10-12,16-17,25-26,28,30,32-33H,7,9,13-15,18-24H2,1-6H3,(H,44,49)/b10-8-/t25-,26-,28-,30-,32+,33+,42-/m1/s1. The fourth-order valence-electron chi connectivity index (χ4n) is 8.69. The van der Waals surface area contributed by atoms with Gasteiger partial charge in [0.1, 0.15) is 11.9 Å². The molecule has 14 nitrogen and oxygen atoms in total. The fourth-order valence-corrected chi connectivity index (χ4v) is 10.0. The van der Waals surface area contributed by atoms with Gasteiger partial charge in [-0.25, -0.2) is 8.42 Å². The first-order valence-corrected chi connectivity index (χ1v) is 21.5. The second-order valence-corrected chi connectivity index (χ2v) is 19.8. The molecule has 5 aliphatic rings. The molecule has 4 heterocycles. The molecule has 4 fully saturated rings. The van der Waals surface area contributed by atoms with E-state index in [2.05, 4.69) is 16.6 Å². The van der Waals surface area contributed by atoms with Crippen molar-refractivity contribution in [1.82, 2.24) is 14.6 Å². The number of hydrogen-bond donors (Lipinski definition) is 1. The molecule has 2 saturated heterocycles. The number of fused-ring (bicyclic) bond motifs is 3. The van der Waals surface area contributed by atoms with Crippen LogP contribution in [0.4, 0.5) is 0 Å². The number of carbonyl (C=O) groups excluding carboxylic acids is 4. The summed E-state index contributed by atoms with van der Waals surface area (Å²) in [6, 6.07) is 6.17. The molecule has 2 saturated carbocycles. The molecule has 0 radical (unpaired) electrons. The number of hydrogen-bond acceptors (Lipinski definition) is 12. The Morgan fingerprint density at radius 2 is 1.81 bits per heavy atom. The number of Topliss-reactive ketones (excluding diaryl/α,β-unsaturated/α-hetero) is 1. The molecule has 2 amide bonds. The Kier molecular flexibility index (Phi) is 11.1. The summed E-state index contributed by atoms with van der Waals surface area (Å²) in [5.41, 5.74) is -2.05. The molecule has 310 valence electrons. The maximum Gasteiger partial charge on any atom is 0.307 e. The molecule has 7 atom stereocenters. The Bertz CT molecular complexity index is 2060. The monoisotopic (exact) mass is 809 g/mol. The maximum absolute atomic E-state index is 15.0. The number of ketones is 1. The smallest absolute Gasteiger partial charge is 0.307 e. The Hall–Kier alpha value is -4.24. The van der Waals surface area contributed by atoms with E-state index >= 15 is 0 Å². The highest BCUT2D eigenvalue weighted by molar-refractivity contribution is 7.91. The van der Waals surface area contributed by atoms with Crippen LogP contribution in [0.5, 0.6) is 17.5 Å². The van der Waals surface area contributed by atoms with Crippen molar-refractivity contribution in [3.8, 4) is 17.5 Å². The predicted octanol–water partition coefficient (Wildman–Crippen LogP) is 4.92. The van der Waals surface area contributed by atoms with Crippen LogP contribution >= 0.6 is 0 Å². The zero-order valence-electron chi connectivity index (χ0n) is 33.7. The van der Waals surface area contributed by atoms with Gasteiger partial charge < -0.3 is 28.6 Å². The minimum Gasteiger partial charge on any atom is -0.497 e. The van der Waals surface area contributed by atoms with E-state index in [1.807, 2.05) is 31.2 Å². The number of nitrogens with zero attached hydrogens (tertiary/aromatic N) is 2. The van der Waals surface area contributed by atoms with Gasteiger partial charge in [-0.3, -0.25) is 23.9 Å². The normalized spacial score (nSPS) is 31.4. The number of amides is 2. The molecule has 0 unspecified atom stereocenters. The van der Waals surface area contributed by atoms with E-state index < -0.39 is 55.7 Å². The first-order chi connectivity index (χ1) is 27.0. The van der Waals surface area contributed by atoms with Crippen molar-refractivity contribution in [3.63, 3.8) is 0 Å². The minimum atomic E-state index is -3.97. The van der Waals surface area contributed by atoms with Gasteiger partial charge in [0.25, 0.3) is 0 Å². The molecular formula is C42H55N3O11S. The quantitative estimate of drug-likeness (QED) is 0.254. The average Bonchev–Trinajstić information content (AvgIpc) is 4.04. The third kappa shape index (κ3) is 8.37. The van der Waals surface area contributed by atoms with Crippen LogP contribution in [-0.2, 0) is 38.7 Å². The highest BCUT2D eigenvalue weighted by Gasteiger charge is 2.63. The summed E-state index contributed by atoms with van der Waals surface area (Å²) in [6.07, 6.45) is 6.27. The molecule has 57 heavy (non-hydrogen) atoms. The van der Waals surface area contributed by atoms with E-state index in [1.165, 1.54) is 12.0 Å². The van der Waals surface area contributed by atoms with Crippen molar-refractivity contribution in [2.75, 3.05) is 34.0 Å². The lowest BCUT2D eigenvalue weighted by molar-refractivity contribution is -0.207. The molecule has 1 N–H and O–H groups in total. The molecular weight excluding hydrogens is 755 g/mol. The van der Waals surface area contributed by atoms with Crippen LogP contribution in [0.3, 0.4) is 0 Å². The molecule has 7 rings (SSSR count). The zero-order valence-corrected chi connectivity index (χ0v) is 34.5. The lowest BCUT2D eigenvalue weighted by Gasteiger charge is -2.38. The van der Waals surface area contributed by atoms with Crippen LogP contribution in [0.15, 0.2) is 36.4 Å². The number of benzene rings is 1. The highest BCUT2D eigenvalue weighted by Crippen LogP contribution is 2.58. The average molecular weight is 810 g/mol. The van der Waals surface area contributed by atoms with E-state index in [1.54, 1.807) is 33.1 Å². The van der Waals surface area contributed by atoms with E-state index in [4.69, 9.17) is 23.7 Å². The number of sulfonamides is 1. The van der Waals surface area contributed by atoms with Gasteiger partial charge in [-0.2, -0.15) is 4.98 Å². The molecule has 0 bridgehead atoms. The summed E-state index contributed by atoms with van der Waals surface area (Å²) in [5.74, 6) is -1.98. The number of allylic oxidation sites excluding steroid dienone is 2. The minimum absolute atomic E-state index is 0.0143. The van der Waals surface area contributed by atoms with Crippen molar-refractivity contribution in [2.45, 2.75) is 108 Å². The van der Waals surface area contributed by atoms with Crippen LogP contribution in [-0.4, -0.2) is 98.3 Å². The van der Waals surface area contributed by atoms with Gasteiger partial charge in [-0.05, 0) is 93.7 Å². The SMILES string of the molecule is COc1ccc2c(O[C@@H]3C[C@H]4C(=O)C[C@]5(C(=O)NS(=O)(=O)C6(C)CC6)C[C@H]5/C=C\CC[C@@H](C)C[C@@H](C)[C@H](CC(=O)OC5(C)COC5)C(=O)N4C3)nc(OC)cc2c1. The van der Waals surface area contributed by atoms with Crippen LogP contribution in [0, 0.1) is 29.1 Å². The van der Waals surface area contributed by atoms with Gasteiger partial charge >= 0.3 is 5.97 Å². The molecule has 1 aromatic heterocycles. The molecule has 3 aliphatic heterocycles. The summed E-state index contributed by atoms with van der Waals surface area (Å²) in [7, 11) is -0.901. The zero-order chi connectivity index (χ0) is 40.9. The van der Waals surface area contributed by atoms with E-state index in [0.29, 0.717) is 49.1 Å². The van der Waals surface area contributed by atoms with Gasteiger partial charge in [0.05, 0.1) is 62.5 Å². The largest absolute Gasteiger partial charge is 0.497 e. The van der Waals surface area contributed by atoms with Crippen molar-refractivity contribution in [1.29, 1.82) is 0 Å². The summed E-state index contributed by atoms with van der Waals surface area (Å²) in [6.45, 7) is 8.04. The van der Waals surface area contributed by atoms with Gasteiger partial charge in [0.15, 0.2) is 11.4 Å². The molecule has 0 spiro atoms. The Morgan fingerprint density at radius 3 is 2.47 bits per heavy atom. The second-order valence-electron chi connectivity index (χ2n) is 17.6. The van der Waals surface area contributed by atoms with Crippen LogP contribution in [0.2, 0.25) is 0 Å². The number of pyridine rings is 1.